The zero-order chi connectivity index (χ0) is 20.1. The summed E-state index contributed by atoms with van der Waals surface area (Å²) in [5.74, 6) is 1.35. The van der Waals surface area contributed by atoms with E-state index in [0.29, 0.717) is 17.5 Å². The molecule has 28 heavy (non-hydrogen) atoms. The summed E-state index contributed by atoms with van der Waals surface area (Å²) < 4.78 is 3.53. The van der Waals surface area contributed by atoms with Crippen molar-refractivity contribution in [2.75, 3.05) is 5.75 Å². The fourth-order valence-corrected chi connectivity index (χ4v) is 4.82. The molecule has 3 aromatic rings. The minimum atomic E-state index is -0.237. The predicted octanol–water partition coefficient (Wildman–Crippen LogP) is 4.47. The first-order valence-corrected chi connectivity index (χ1v) is 10.8. The van der Waals surface area contributed by atoms with Crippen molar-refractivity contribution in [3.63, 3.8) is 0 Å². The average Bonchev–Trinajstić information content (AvgIpc) is 3.04. The molecule has 0 aliphatic heterocycles. The van der Waals surface area contributed by atoms with Crippen LogP contribution >= 0.6 is 11.8 Å². The Morgan fingerprint density at radius 3 is 2.75 bits per heavy atom. The van der Waals surface area contributed by atoms with Gasteiger partial charge in [0.2, 0.25) is 5.78 Å². The predicted molar refractivity (Wildman–Crippen MR) is 115 cm³/mol. The van der Waals surface area contributed by atoms with Crippen molar-refractivity contribution in [3.05, 3.63) is 57.9 Å². The van der Waals surface area contributed by atoms with Crippen LogP contribution in [0.15, 0.2) is 46.4 Å². The molecule has 0 unspecified atom stereocenters. The summed E-state index contributed by atoms with van der Waals surface area (Å²) in [6, 6.07) is 8.32. The molecule has 0 amide bonds. The quantitative estimate of drug-likeness (QED) is 0.473. The van der Waals surface area contributed by atoms with Crippen LogP contribution in [0.5, 0.6) is 0 Å². The van der Waals surface area contributed by atoms with Crippen molar-refractivity contribution in [2.24, 2.45) is 0 Å². The van der Waals surface area contributed by atoms with Gasteiger partial charge in [0.05, 0.1) is 11.3 Å². The lowest BCUT2D eigenvalue weighted by molar-refractivity contribution is 0.439. The first kappa shape index (κ1) is 19.0. The maximum atomic E-state index is 13.8. The zero-order valence-corrected chi connectivity index (χ0v) is 17.8. The average molecular weight is 395 g/mol. The van der Waals surface area contributed by atoms with E-state index < -0.39 is 0 Å². The fraction of sp³-hybridized carbons (Fsp3) is 0.409. The van der Waals surface area contributed by atoms with Crippen LogP contribution in [-0.4, -0.2) is 24.9 Å². The molecule has 0 fully saturated rings. The van der Waals surface area contributed by atoms with Gasteiger partial charge in [-0.3, -0.25) is 4.79 Å². The Hall–Kier alpha value is -2.34. The smallest absolute Gasteiger partial charge is 0.265 e. The summed E-state index contributed by atoms with van der Waals surface area (Å²) in [6.45, 7) is 13.0. The number of hydrogen-bond donors (Lipinski definition) is 0. The number of benzene rings is 1. The Labute approximate surface area is 169 Å². The lowest BCUT2D eigenvalue weighted by atomic mass is 9.69. The van der Waals surface area contributed by atoms with Gasteiger partial charge in [0.1, 0.15) is 0 Å². The van der Waals surface area contributed by atoms with Gasteiger partial charge >= 0.3 is 0 Å². The van der Waals surface area contributed by atoms with Crippen LogP contribution in [0.1, 0.15) is 45.2 Å². The summed E-state index contributed by atoms with van der Waals surface area (Å²) in [4.78, 5) is 18.8. The van der Waals surface area contributed by atoms with Crippen LogP contribution < -0.4 is 5.56 Å². The fourth-order valence-electron chi connectivity index (χ4n) is 4.00. The van der Waals surface area contributed by atoms with Crippen molar-refractivity contribution in [1.82, 2.24) is 19.2 Å². The number of nitrogens with zero attached hydrogens (tertiary/aromatic N) is 4. The third-order valence-electron chi connectivity index (χ3n) is 5.68. The van der Waals surface area contributed by atoms with Crippen LogP contribution in [-0.2, 0) is 18.4 Å². The van der Waals surface area contributed by atoms with Gasteiger partial charge in [-0.2, -0.15) is 0 Å². The second-order valence-electron chi connectivity index (χ2n) is 7.87. The summed E-state index contributed by atoms with van der Waals surface area (Å²) in [5.41, 5.74) is 4.80. The number of aromatic nitrogens is 4. The number of thioether (sulfide) groups is 1. The SMILES string of the molecule is C=C(C)CSc1nn(CC)c2nc3c(c(=O)n12)[C@](C)(CC)Cc1ccccc1-3. The topological polar surface area (TPSA) is 52.2 Å². The maximum Gasteiger partial charge on any atom is 0.265 e. The normalized spacial score (nSPS) is 18.1. The van der Waals surface area contributed by atoms with Gasteiger partial charge in [-0.05, 0) is 32.3 Å². The van der Waals surface area contributed by atoms with Gasteiger partial charge < -0.3 is 0 Å². The Morgan fingerprint density at radius 2 is 2.07 bits per heavy atom. The molecule has 0 saturated carbocycles. The summed E-state index contributed by atoms with van der Waals surface area (Å²) in [5, 5.41) is 5.37. The van der Waals surface area contributed by atoms with Gasteiger partial charge in [0.25, 0.3) is 5.56 Å². The van der Waals surface area contributed by atoms with Gasteiger partial charge in [0, 0.05) is 23.3 Å². The van der Waals surface area contributed by atoms with Crippen LogP contribution in [0, 0.1) is 0 Å². The highest BCUT2D eigenvalue weighted by molar-refractivity contribution is 7.99. The zero-order valence-electron chi connectivity index (χ0n) is 17.0. The largest absolute Gasteiger partial charge is 0.268 e. The van der Waals surface area contributed by atoms with Crippen LogP contribution in [0.3, 0.4) is 0 Å². The number of aryl methyl sites for hydroxylation is 1. The maximum absolute atomic E-state index is 13.8. The molecule has 0 saturated heterocycles. The van der Waals surface area contributed by atoms with E-state index in [2.05, 4.69) is 43.7 Å². The monoisotopic (exact) mass is 394 g/mol. The molecular formula is C22H26N4OS. The molecule has 1 aliphatic rings. The second-order valence-corrected chi connectivity index (χ2v) is 8.81. The van der Waals surface area contributed by atoms with Crippen molar-refractivity contribution < 1.29 is 0 Å². The van der Waals surface area contributed by atoms with Crippen LogP contribution in [0.25, 0.3) is 17.0 Å². The van der Waals surface area contributed by atoms with Gasteiger partial charge in [0.15, 0.2) is 5.16 Å². The molecule has 0 spiro atoms. The Morgan fingerprint density at radius 1 is 1.32 bits per heavy atom. The molecule has 2 heterocycles. The molecule has 1 aliphatic carbocycles. The summed E-state index contributed by atoms with van der Waals surface area (Å²) in [6.07, 6.45) is 1.74. The molecular weight excluding hydrogens is 368 g/mol. The third kappa shape index (κ3) is 2.82. The Kier molecular flexibility index (Phi) is 4.70. The van der Waals surface area contributed by atoms with Gasteiger partial charge in [-0.1, -0.05) is 62.0 Å². The van der Waals surface area contributed by atoms with Crippen molar-refractivity contribution in [2.45, 2.75) is 57.7 Å². The van der Waals surface area contributed by atoms with E-state index in [0.717, 1.165) is 41.0 Å². The van der Waals surface area contributed by atoms with E-state index in [-0.39, 0.29) is 11.0 Å². The van der Waals surface area contributed by atoms with Crippen molar-refractivity contribution in [1.29, 1.82) is 0 Å². The number of hydrogen-bond acceptors (Lipinski definition) is 4. The highest BCUT2D eigenvalue weighted by Gasteiger charge is 2.38. The molecule has 2 aromatic heterocycles. The van der Waals surface area contributed by atoms with E-state index in [9.17, 15) is 4.79 Å². The molecule has 0 radical (unpaired) electrons. The van der Waals surface area contributed by atoms with E-state index in [1.54, 1.807) is 16.2 Å². The highest BCUT2D eigenvalue weighted by atomic mass is 32.2. The molecule has 6 heteroatoms. The van der Waals surface area contributed by atoms with Crippen molar-refractivity contribution >= 4 is 17.5 Å². The number of fused-ring (bicyclic) bond motifs is 4. The molecule has 146 valence electrons. The molecule has 0 bridgehead atoms. The molecule has 1 atom stereocenters. The second kappa shape index (κ2) is 6.92. The highest BCUT2D eigenvalue weighted by Crippen LogP contribution is 2.42. The number of rotatable bonds is 5. The van der Waals surface area contributed by atoms with Crippen LogP contribution in [0.4, 0.5) is 0 Å². The summed E-state index contributed by atoms with van der Waals surface area (Å²) in [7, 11) is 0. The molecule has 5 nitrogen and oxygen atoms in total. The molecule has 1 aromatic carbocycles. The lowest BCUT2D eigenvalue weighted by Gasteiger charge is -2.35. The van der Waals surface area contributed by atoms with E-state index in [4.69, 9.17) is 4.98 Å². The van der Waals surface area contributed by atoms with Crippen molar-refractivity contribution in [3.8, 4) is 11.3 Å². The first-order valence-electron chi connectivity index (χ1n) is 9.79. The molecule has 0 N–H and O–H groups in total. The van der Waals surface area contributed by atoms with Gasteiger partial charge in [-0.25, -0.2) is 14.1 Å². The van der Waals surface area contributed by atoms with E-state index >= 15 is 0 Å². The van der Waals surface area contributed by atoms with Gasteiger partial charge in [-0.15, -0.1) is 5.10 Å². The minimum absolute atomic E-state index is 0.0165. The van der Waals surface area contributed by atoms with E-state index in [1.165, 1.54) is 5.56 Å². The van der Waals surface area contributed by atoms with Crippen LogP contribution in [0.2, 0.25) is 0 Å². The van der Waals surface area contributed by atoms with E-state index in [1.807, 2.05) is 24.6 Å². The lowest BCUT2D eigenvalue weighted by Crippen LogP contribution is -2.37. The first-order chi connectivity index (χ1) is 13.4. The minimum Gasteiger partial charge on any atom is -0.268 e. The Bertz CT molecular complexity index is 1140. The summed E-state index contributed by atoms with van der Waals surface area (Å²) >= 11 is 1.54. The standard InChI is InChI=1S/C22H26N4OS/c1-6-22(5)12-15-10-8-9-11-16(15)18-17(22)19(27)26-20(23-18)25(7-2)24-21(26)28-13-14(3)4/h8-11H,3,6-7,12-13H2,1-2,4-5H3/t22-/m1/s1. The Balaban J connectivity index is 2.07. The molecule has 4 rings (SSSR count). The third-order valence-corrected chi connectivity index (χ3v) is 6.84.